The molecule has 154 valence electrons. The Kier molecular flexibility index (Phi) is 11.7. The minimum absolute atomic E-state index is 0. The molecule has 1 aromatic carbocycles. The maximum absolute atomic E-state index is 5.50. The fourth-order valence-electron chi connectivity index (χ4n) is 3.31. The Morgan fingerprint density at radius 3 is 2.56 bits per heavy atom. The molecular formula is C20H35IN4O2. The van der Waals surface area contributed by atoms with E-state index in [1.807, 2.05) is 25.2 Å². The number of aliphatic imine (C=N–C) groups is 1. The van der Waals surface area contributed by atoms with Crippen molar-refractivity contribution >= 4 is 29.9 Å². The smallest absolute Gasteiger partial charge is 0.191 e. The Morgan fingerprint density at radius 1 is 1.22 bits per heavy atom. The van der Waals surface area contributed by atoms with E-state index in [9.17, 15) is 0 Å². The Morgan fingerprint density at radius 2 is 1.93 bits per heavy atom. The lowest BCUT2D eigenvalue weighted by Gasteiger charge is -2.35. The molecule has 0 saturated carbocycles. The fourth-order valence-corrected chi connectivity index (χ4v) is 3.31. The normalized spacial score (nSPS) is 16.6. The van der Waals surface area contributed by atoms with Crippen molar-refractivity contribution in [3.63, 3.8) is 0 Å². The topological polar surface area (TPSA) is 58.1 Å². The van der Waals surface area contributed by atoms with Crippen molar-refractivity contribution in [1.29, 1.82) is 0 Å². The zero-order valence-corrected chi connectivity index (χ0v) is 19.4. The summed E-state index contributed by atoms with van der Waals surface area (Å²) in [7, 11) is 3.51. The largest absolute Gasteiger partial charge is 0.496 e. The summed E-state index contributed by atoms with van der Waals surface area (Å²) in [5, 5.41) is 6.88. The van der Waals surface area contributed by atoms with Crippen molar-refractivity contribution in [2.24, 2.45) is 10.9 Å². The van der Waals surface area contributed by atoms with Gasteiger partial charge in [0.2, 0.25) is 0 Å². The number of rotatable bonds is 8. The number of hydrogen-bond donors (Lipinski definition) is 2. The number of nitrogens with one attached hydrogen (secondary N) is 2. The molecule has 7 heteroatoms. The molecule has 1 unspecified atom stereocenters. The Hall–Kier alpha value is -1.06. The number of guanidine groups is 1. The number of para-hydroxylation sites is 1. The van der Waals surface area contributed by atoms with Crippen molar-refractivity contribution < 1.29 is 9.47 Å². The van der Waals surface area contributed by atoms with Crippen molar-refractivity contribution in [3.05, 3.63) is 29.8 Å². The van der Waals surface area contributed by atoms with Gasteiger partial charge >= 0.3 is 0 Å². The summed E-state index contributed by atoms with van der Waals surface area (Å²) in [5.74, 6) is 2.37. The van der Waals surface area contributed by atoms with Crippen LogP contribution in [0.4, 0.5) is 0 Å². The van der Waals surface area contributed by atoms with E-state index in [4.69, 9.17) is 9.47 Å². The molecule has 6 nitrogen and oxygen atoms in total. The molecule has 1 aliphatic rings. The van der Waals surface area contributed by atoms with E-state index in [2.05, 4.69) is 40.4 Å². The van der Waals surface area contributed by atoms with Crippen LogP contribution in [-0.4, -0.2) is 63.9 Å². The van der Waals surface area contributed by atoms with Gasteiger partial charge in [0, 0.05) is 44.8 Å². The first-order valence-corrected chi connectivity index (χ1v) is 9.52. The SMILES string of the molecule is CN=C(NCc1ccccc1OC)NCC(CC(C)C)N1CCOCC1.I. The van der Waals surface area contributed by atoms with Gasteiger partial charge in [-0.25, -0.2) is 0 Å². The van der Waals surface area contributed by atoms with Crippen molar-refractivity contribution in [2.75, 3.05) is 47.0 Å². The van der Waals surface area contributed by atoms with Crippen molar-refractivity contribution in [2.45, 2.75) is 32.9 Å². The predicted molar refractivity (Wildman–Crippen MR) is 122 cm³/mol. The molecule has 0 aliphatic carbocycles. The van der Waals surface area contributed by atoms with Gasteiger partial charge in [-0.15, -0.1) is 24.0 Å². The van der Waals surface area contributed by atoms with Gasteiger partial charge in [0.25, 0.3) is 0 Å². The highest BCUT2D eigenvalue weighted by Crippen LogP contribution is 2.16. The van der Waals surface area contributed by atoms with Gasteiger partial charge in [-0.3, -0.25) is 9.89 Å². The second-order valence-electron chi connectivity index (χ2n) is 7.05. The van der Waals surface area contributed by atoms with E-state index in [-0.39, 0.29) is 24.0 Å². The molecule has 1 aromatic rings. The van der Waals surface area contributed by atoms with E-state index < -0.39 is 0 Å². The van der Waals surface area contributed by atoms with Gasteiger partial charge in [-0.05, 0) is 18.4 Å². The van der Waals surface area contributed by atoms with E-state index in [1.165, 1.54) is 0 Å². The Bertz CT molecular complexity index is 563. The molecule has 1 atom stereocenters. The molecule has 0 aromatic heterocycles. The van der Waals surface area contributed by atoms with Gasteiger partial charge in [0.05, 0.1) is 20.3 Å². The molecule has 1 saturated heterocycles. The molecule has 0 amide bonds. The predicted octanol–water partition coefficient (Wildman–Crippen LogP) is 2.73. The number of morpholine rings is 1. The molecular weight excluding hydrogens is 455 g/mol. The molecule has 2 rings (SSSR count). The monoisotopic (exact) mass is 490 g/mol. The van der Waals surface area contributed by atoms with Crippen LogP contribution >= 0.6 is 24.0 Å². The highest BCUT2D eigenvalue weighted by molar-refractivity contribution is 14.0. The van der Waals surface area contributed by atoms with E-state index in [0.29, 0.717) is 18.5 Å². The second-order valence-corrected chi connectivity index (χ2v) is 7.05. The third-order valence-corrected chi connectivity index (χ3v) is 4.67. The van der Waals surface area contributed by atoms with Gasteiger partial charge in [-0.1, -0.05) is 32.0 Å². The first kappa shape index (κ1) is 24.0. The average molecular weight is 490 g/mol. The summed E-state index contributed by atoms with van der Waals surface area (Å²) in [6, 6.07) is 8.53. The van der Waals surface area contributed by atoms with Crippen LogP contribution in [0.2, 0.25) is 0 Å². The van der Waals surface area contributed by atoms with Crippen LogP contribution in [0.3, 0.4) is 0 Å². The zero-order chi connectivity index (χ0) is 18.8. The molecule has 2 N–H and O–H groups in total. The maximum atomic E-state index is 5.50. The molecule has 27 heavy (non-hydrogen) atoms. The lowest BCUT2D eigenvalue weighted by Crippen LogP contribution is -2.50. The molecule has 1 fully saturated rings. The maximum Gasteiger partial charge on any atom is 0.191 e. The van der Waals surface area contributed by atoms with Gasteiger partial charge in [0.1, 0.15) is 5.75 Å². The highest BCUT2D eigenvalue weighted by Gasteiger charge is 2.22. The molecule has 0 radical (unpaired) electrons. The summed E-state index contributed by atoms with van der Waals surface area (Å²) in [5.41, 5.74) is 1.12. The number of nitrogens with zero attached hydrogens (tertiary/aromatic N) is 2. The van der Waals surface area contributed by atoms with Crippen LogP contribution in [0.15, 0.2) is 29.3 Å². The van der Waals surface area contributed by atoms with E-state index in [0.717, 1.165) is 56.5 Å². The van der Waals surface area contributed by atoms with Crippen LogP contribution in [-0.2, 0) is 11.3 Å². The quantitative estimate of drug-likeness (QED) is 0.334. The molecule has 1 heterocycles. The number of methoxy groups -OCH3 is 1. The van der Waals surface area contributed by atoms with Gasteiger partial charge in [-0.2, -0.15) is 0 Å². The number of halogens is 1. The van der Waals surface area contributed by atoms with E-state index >= 15 is 0 Å². The van der Waals surface area contributed by atoms with Crippen LogP contribution in [0.1, 0.15) is 25.8 Å². The summed E-state index contributed by atoms with van der Waals surface area (Å²) in [6.07, 6.45) is 1.16. The van der Waals surface area contributed by atoms with Crippen LogP contribution in [0.25, 0.3) is 0 Å². The lowest BCUT2D eigenvalue weighted by atomic mass is 10.0. The average Bonchev–Trinajstić information content (AvgIpc) is 2.67. The fraction of sp³-hybridized carbons (Fsp3) is 0.650. The Labute approximate surface area is 181 Å². The minimum Gasteiger partial charge on any atom is -0.496 e. The van der Waals surface area contributed by atoms with Crippen molar-refractivity contribution in [3.8, 4) is 5.75 Å². The molecule has 1 aliphatic heterocycles. The van der Waals surface area contributed by atoms with Gasteiger partial charge < -0.3 is 20.1 Å². The summed E-state index contributed by atoms with van der Waals surface area (Å²) >= 11 is 0. The third-order valence-electron chi connectivity index (χ3n) is 4.67. The standard InChI is InChI=1S/C20H34N4O2.HI/c1-16(2)13-18(24-9-11-26-12-10-24)15-23-20(21-3)22-14-17-7-5-6-8-19(17)25-4;/h5-8,16,18H,9-15H2,1-4H3,(H2,21,22,23);1H. The number of hydrogen-bond acceptors (Lipinski definition) is 4. The molecule has 0 bridgehead atoms. The third kappa shape index (κ3) is 8.23. The van der Waals surface area contributed by atoms with Crippen molar-refractivity contribution in [1.82, 2.24) is 15.5 Å². The first-order chi connectivity index (χ1) is 12.6. The Balaban J connectivity index is 0.00000364. The molecule has 0 spiro atoms. The first-order valence-electron chi connectivity index (χ1n) is 9.52. The van der Waals surface area contributed by atoms with Crippen LogP contribution in [0, 0.1) is 5.92 Å². The van der Waals surface area contributed by atoms with Gasteiger partial charge in [0.15, 0.2) is 5.96 Å². The van der Waals surface area contributed by atoms with Crippen LogP contribution < -0.4 is 15.4 Å². The van der Waals surface area contributed by atoms with E-state index in [1.54, 1.807) is 7.11 Å². The van der Waals surface area contributed by atoms with Crippen LogP contribution in [0.5, 0.6) is 5.75 Å². The highest BCUT2D eigenvalue weighted by atomic mass is 127. The zero-order valence-electron chi connectivity index (χ0n) is 17.0. The second kappa shape index (κ2) is 13.2. The number of benzene rings is 1. The lowest BCUT2D eigenvalue weighted by molar-refractivity contribution is 0.0132. The summed E-state index contributed by atoms with van der Waals surface area (Å²) < 4.78 is 10.9. The summed E-state index contributed by atoms with van der Waals surface area (Å²) in [6.45, 7) is 9.79. The number of ether oxygens (including phenoxy) is 2. The summed E-state index contributed by atoms with van der Waals surface area (Å²) in [4.78, 5) is 6.90. The minimum atomic E-state index is 0.